The fourth-order valence-corrected chi connectivity index (χ4v) is 3.50. The fraction of sp³-hybridized carbons (Fsp3) is 0.588. The summed E-state index contributed by atoms with van der Waals surface area (Å²) in [5.74, 6) is 1.05. The Kier molecular flexibility index (Phi) is 8.33. The van der Waals surface area contributed by atoms with Crippen LogP contribution in [0.3, 0.4) is 0 Å². The zero-order valence-electron chi connectivity index (χ0n) is 14.2. The number of rotatable bonds is 7. The van der Waals surface area contributed by atoms with E-state index in [-0.39, 0.29) is 23.9 Å². The van der Waals surface area contributed by atoms with Gasteiger partial charge in [-0.25, -0.2) is 0 Å². The molecule has 1 amide bonds. The molecule has 3 N–H and O–H groups in total. The SMILES string of the molecule is CCCOc1c(Br)cc(C(=O)NC2(CN)CCCC2)cc1OC.Cl. The molecule has 1 aromatic carbocycles. The molecule has 7 heteroatoms. The molecule has 1 saturated carbocycles. The predicted molar refractivity (Wildman–Crippen MR) is 101 cm³/mol. The van der Waals surface area contributed by atoms with Crippen molar-refractivity contribution in [1.82, 2.24) is 5.32 Å². The quantitative estimate of drug-likeness (QED) is 0.704. The molecule has 24 heavy (non-hydrogen) atoms. The van der Waals surface area contributed by atoms with Crippen LogP contribution in [0.4, 0.5) is 0 Å². The number of ether oxygens (including phenoxy) is 2. The van der Waals surface area contributed by atoms with Crippen molar-refractivity contribution < 1.29 is 14.3 Å². The largest absolute Gasteiger partial charge is 0.493 e. The number of carbonyl (C=O) groups is 1. The Morgan fingerprint density at radius 1 is 1.38 bits per heavy atom. The number of nitrogens with two attached hydrogens (primary N) is 1. The van der Waals surface area contributed by atoms with Crippen LogP contribution in [0.15, 0.2) is 16.6 Å². The number of hydrogen-bond donors (Lipinski definition) is 2. The predicted octanol–water partition coefficient (Wildman–Crippen LogP) is 3.67. The molecule has 5 nitrogen and oxygen atoms in total. The number of halogens is 2. The zero-order valence-corrected chi connectivity index (χ0v) is 16.6. The Balaban J connectivity index is 0.00000288. The van der Waals surface area contributed by atoms with Crippen LogP contribution in [0, 0.1) is 0 Å². The summed E-state index contributed by atoms with van der Waals surface area (Å²) in [6, 6.07) is 3.48. The van der Waals surface area contributed by atoms with Gasteiger partial charge in [-0.3, -0.25) is 4.79 Å². The molecule has 1 aliphatic carbocycles. The topological polar surface area (TPSA) is 73.6 Å². The van der Waals surface area contributed by atoms with Gasteiger partial charge in [0, 0.05) is 12.1 Å². The van der Waals surface area contributed by atoms with Crippen molar-refractivity contribution in [2.24, 2.45) is 5.73 Å². The summed E-state index contributed by atoms with van der Waals surface area (Å²) in [7, 11) is 1.57. The lowest BCUT2D eigenvalue weighted by molar-refractivity contribution is 0.0902. The molecule has 0 bridgehead atoms. The van der Waals surface area contributed by atoms with Crippen molar-refractivity contribution >= 4 is 34.2 Å². The van der Waals surface area contributed by atoms with E-state index in [1.54, 1.807) is 19.2 Å². The van der Waals surface area contributed by atoms with Gasteiger partial charge in [-0.1, -0.05) is 19.8 Å². The van der Waals surface area contributed by atoms with Gasteiger partial charge in [0.15, 0.2) is 11.5 Å². The standard InChI is InChI=1S/C17H25BrN2O3.ClH/c1-3-8-23-15-13(18)9-12(10-14(15)22-2)16(21)20-17(11-19)6-4-5-7-17;/h9-10H,3-8,11,19H2,1-2H3,(H,20,21);1H. The van der Waals surface area contributed by atoms with Crippen molar-refractivity contribution in [3.63, 3.8) is 0 Å². The van der Waals surface area contributed by atoms with Gasteiger partial charge in [-0.05, 0) is 47.3 Å². The van der Waals surface area contributed by atoms with E-state index >= 15 is 0 Å². The van der Waals surface area contributed by atoms with Crippen molar-refractivity contribution in [1.29, 1.82) is 0 Å². The van der Waals surface area contributed by atoms with Crippen molar-refractivity contribution in [2.45, 2.75) is 44.6 Å². The lowest BCUT2D eigenvalue weighted by Gasteiger charge is -2.29. The Morgan fingerprint density at radius 2 is 2.04 bits per heavy atom. The van der Waals surface area contributed by atoms with Crippen LogP contribution in [-0.2, 0) is 0 Å². The zero-order chi connectivity index (χ0) is 16.9. The lowest BCUT2D eigenvalue weighted by atomic mass is 9.97. The van der Waals surface area contributed by atoms with Crippen LogP contribution in [0.2, 0.25) is 0 Å². The summed E-state index contributed by atoms with van der Waals surface area (Å²) in [6.45, 7) is 3.10. The molecule has 0 unspecified atom stereocenters. The molecule has 2 rings (SSSR count). The Labute approximate surface area is 158 Å². The molecule has 0 aliphatic heterocycles. The molecule has 1 fully saturated rings. The van der Waals surface area contributed by atoms with Gasteiger partial charge in [-0.15, -0.1) is 12.4 Å². The highest BCUT2D eigenvalue weighted by Gasteiger charge is 2.34. The first-order valence-electron chi connectivity index (χ1n) is 8.08. The monoisotopic (exact) mass is 420 g/mol. The molecular formula is C17H26BrClN2O3. The highest BCUT2D eigenvalue weighted by atomic mass is 79.9. The lowest BCUT2D eigenvalue weighted by Crippen LogP contribution is -2.51. The van der Waals surface area contributed by atoms with E-state index in [0.717, 1.165) is 32.1 Å². The maximum absolute atomic E-state index is 12.6. The first kappa shape index (κ1) is 21.1. The van der Waals surface area contributed by atoms with Crippen molar-refractivity contribution in [3.05, 3.63) is 22.2 Å². The highest BCUT2D eigenvalue weighted by Crippen LogP contribution is 2.37. The van der Waals surface area contributed by atoms with Crippen molar-refractivity contribution in [2.75, 3.05) is 20.3 Å². The molecular weight excluding hydrogens is 396 g/mol. The minimum Gasteiger partial charge on any atom is -0.493 e. The van der Waals surface area contributed by atoms with Gasteiger partial charge in [0.1, 0.15) is 0 Å². The Morgan fingerprint density at radius 3 is 2.58 bits per heavy atom. The maximum atomic E-state index is 12.6. The molecule has 0 aromatic heterocycles. The molecule has 0 heterocycles. The van der Waals surface area contributed by atoms with Crippen LogP contribution < -0.4 is 20.5 Å². The highest BCUT2D eigenvalue weighted by molar-refractivity contribution is 9.10. The maximum Gasteiger partial charge on any atom is 0.251 e. The fourth-order valence-electron chi connectivity index (χ4n) is 2.94. The third kappa shape index (κ3) is 4.77. The van der Waals surface area contributed by atoms with Gasteiger partial charge < -0.3 is 20.5 Å². The van der Waals surface area contributed by atoms with Crippen LogP contribution in [0.5, 0.6) is 11.5 Å². The van der Waals surface area contributed by atoms with E-state index in [4.69, 9.17) is 15.2 Å². The van der Waals surface area contributed by atoms with Crippen LogP contribution in [0.25, 0.3) is 0 Å². The first-order valence-corrected chi connectivity index (χ1v) is 8.87. The summed E-state index contributed by atoms with van der Waals surface area (Å²) in [5, 5.41) is 3.12. The van der Waals surface area contributed by atoms with Gasteiger partial charge in [0.2, 0.25) is 0 Å². The number of nitrogens with one attached hydrogen (secondary N) is 1. The van der Waals surface area contributed by atoms with Crippen LogP contribution in [0.1, 0.15) is 49.4 Å². The normalized spacial score (nSPS) is 15.5. The number of benzene rings is 1. The summed E-state index contributed by atoms with van der Waals surface area (Å²) < 4.78 is 11.8. The first-order chi connectivity index (χ1) is 11.0. The molecule has 1 aliphatic rings. The van der Waals surface area contributed by atoms with Gasteiger partial charge in [0.25, 0.3) is 5.91 Å². The molecule has 1 aromatic rings. The summed E-state index contributed by atoms with van der Waals surface area (Å²) in [4.78, 5) is 12.6. The minimum atomic E-state index is -0.270. The van der Waals surface area contributed by atoms with E-state index in [1.807, 2.05) is 6.92 Å². The van der Waals surface area contributed by atoms with Crippen LogP contribution in [-0.4, -0.2) is 31.7 Å². The average molecular weight is 422 g/mol. The van der Waals surface area contributed by atoms with E-state index in [2.05, 4.69) is 21.2 Å². The molecule has 0 atom stereocenters. The second kappa shape index (κ2) is 9.49. The molecule has 0 saturated heterocycles. The van der Waals surface area contributed by atoms with Crippen molar-refractivity contribution in [3.8, 4) is 11.5 Å². The molecule has 0 radical (unpaired) electrons. The smallest absolute Gasteiger partial charge is 0.251 e. The average Bonchev–Trinajstić information content (AvgIpc) is 3.02. The number of methoxy groups -OCH3 is 1. The van der Waals surface area contributed by atoms with E-state index in [9.17, 15) is 4.79 Å². The third-order valence-corrected chi connectivity index (χ3v) is 4.86. The Hall–Kier alpha value is -0.980. The summed E-state index contributed by atoms with van der Waals surface area (Å²) >= 11 is 3.47. The number of amides is 1. The second-order valence-electron chi connectivity index (χ2n) is 5.98. The van der Waals surface area contributed by atoms with E-state index < -0.39 is 0 Å². The number of hydrogen-bond acceptors (Lipinski definition) is 4. The molecule has 0 spiro atoms. The second-order valence-corrected chi connectivity index (χ2v) is 6.84. The van der Waals surface area contributed by atoms with E-state index in [0.29, 0.717) is 34.7 Å². The van der Waals surface area contributed by atoms with E-state index in [1.165, 1.54) is 0 Å². The summed E-state index contributed by atoms with van der Waals surface area (Å²) in [5.41, 5.74) is 6.16. The third-order valence-electron chi connectivity index (χ3n) is 4.27. The molecule has 136 valence electrons. The van der Waals surface area contributed by atoms with Crippen LogP contribution >= 0.6 is 28.3 Å². The van der Waals surface area contributed by atoms with Gasteiger partial charge in [0.05, 0.1) is 23.7 Å². The van der Waals surface area contributed by atoms with Gasteiger partial charge >= 0.3 is 0 Å². The number of carbonyl (C=O) groups excluding carboxylic acids is 1. The van der Waals surface area contributed by atoms with Gasteiger partial charge in [-0.2, -0.15) is 0 Å². The summed E-state index contributed by atoms with van der Waals surface area (Å²) in [6.07, 6.45) is 4.98. The minimum absolute atomic E-state index is 0. The Bertz CT molecular complexity index is 563.